The summed E-state index contributed by atoms with van der Waals surface area (Å²) in [5.74, 6) is 0. The first-order chi connectivity index (χ1) is 8.53. The molecule has 1 fully saturated rings. The Kier molecular flexibility index (Phi) is 4.00. The molecule has 0 aliphatic carbocycles. The predicted octanol–water partition coefficient (Wildman–Crippen LogP) is 0.935. The Balaban J connectivity index is 2.06. The summed E-state index contributed by atoms with van der Waals surface area (Å²) in [6, 6.07) is 4.61. The van der Waals surface area contributed by atoms with Crippen molar-refractivity contribution in [2.45, 2.75) is 32.0 Å². The van der Waals surface area contributed by atoms with Crippen molar-refractivity contribution in [3.05, 3.63) is 30.1 Å². The van der Waals surface area contributed by atoms with Crippen LogP contribution in [0.2, 0.25) is 0 Å². The fraction of sp³-hybridized carbons (Fsp3) is 0.643. The molecule has 4 heteroatoms. The van der Waals surface area contributed by atoms with E-state index >= 15 is 0 Å². The molecule has 0 radical (unpaired) electrons. The van der Waals surface area contributed by atoms with Crippen LogP contribution in [0.1, 0.15) is 19.4 Å². The molecule has 1 unspecified atom stereocenters. The number of rotatable bonds is 3. The van der Waals surface area contributed by atoms with Gasteiger partial charge in [0.2, 0.25) is 0 Å². The van der Waals surface area contributed by atoms with Gasteiger partial charge in [0.25, 0.3) is 0 Å². The lowest BCUT2D eigenvalue weighted by atomic mass is 9.95. The van der Waals surface area contributed by atoms with Gasteiger partial charge in [-0.05, 0) is 38.6 Å². The zero-order valence-electron chi connectivity index (χ0n) is 11.6. The lowest BCUT2D eigenvalue weighted by Crippen LogP contribution is -2.63. The molecule has 0 saturated carbocycles. The fourth-order valence-electron chi connectivity index (χ4n) is 2.74. The summed E-state index contributed by atoms with van der Waals surface area (Å²) in [7, 11) is 2.18. The minimum Gasteiger partial charge on any atom is -0.329 e. The lowest BCUT2D eigenvalue weighted by Gasteiger charge is -2.50. The molecule has 1 atom stereocenters. The topological polar surface area (TPSA) is 45.4 Å². The van der Waals surface area contributed by atoms with Crippen LogP contribution in [-0.2, 0) is 6.54 Å². The number of nitrogens with two attached hydrogens (primary N) is 1. The largest absolute Gasteiger partial charge is 0.329 e. The van der Waals surface area contributed by atoms with Crippen molar-refractivity contribution >= 4 is 0 Å². The molecule has 100 valence electrons. The fourth-order valence-corrected chi connectivity index (χ4v) is 2.74. The minimum atomic E-state index is 0.176. The number of piperazine rings is 1. The van der Waals surface area contributed by atoms with E-state index in [9.17, 15) is 0 Å². The standard InChI is InChI=1S/C14H24N4/c1-14(2)11-18(10-13(8-15)17(14)3)9-12-4-6-16-7-5-12/h4-7,13H,8-11,15H2,1-3H3. The quantitative estimate of drug-likeness (QED) is 0.864. The predicted molar refractivity (Wildman–Crippen MR) is 74.2 cm³/mol. The molecule has 18 heavy (non-hydrogen) atoms. The third-order valence-corrected chi connectivity index (χ3v) is 4.01. The van der Waals surface area contributed by atoms with Gasteiger partial charge in [0.15, 0.2) is 0 Å². The van der Waals surface area contributed by atoms with Crippen molar-refractivity contribution < 1.29 is 0 Å². The Morgan fingerprint density at radius 3 is 2.67 bits per heavy atom. The molecule has 0 spiro atoms. The SMILES string of the molecule is CN1C(CN)CN(Cc2ccncc2)CC1(C)C. The van der Waals surface area contributed by atoms with Crippen LogP contribution in [0.15, 0.2) is 24.5 Å². The highest BCUT2D eigenvalue weighted by Gasteiger charge is 2.36. The zero-order chi connectivity index (χ0) is 13.2. The van der Waals surface area contributed by atoms with Crippen molar-refractivity contribution in [3.63, 3.8) is 0 Å². The number of hydrogen-bond donors (Lipinski definition) is 1. The smallest absolute Gasteiger partial charge is 0.0348 e. The zero-order valence-corrected chi connectivity index (χ0v) is 11.6. The van der Waals surface area contributed by atoms with E-state index in [1.54, 1.807) is 0 Å². The summed E-state index contributed by atoms with van der Waals surface area (Å²) in [6.07, 6.45) is 3.72. The van der Waals surface area contributed by atoms with Crippen LogP contribution in [0.25, 0.3) is 0 Å². The molecular weight excluding hydrogens is 224 g/mol. The number of likely N-dealkylation sites (N-methyl/N-ethyl adjacent to an activating group) is 1. The lowest BCUT2D eigenvalue weighted by molar-refractivity contribution is -0.00628. The second-order valence-electron chi connectivity index (χ2n) is 5.84. The average Bonchev–Trinajstić information content (AvgIpc) is 2.34. The summed E-state index contributed by atoms with van der Waals surface area (Å²) < 4.78 is 0. The Bertz CT molecular complexity index is 377. The third-order valence-electron chi connectivity index (χ3n) is 4.01. The molecule has 2 N–H and O–H groups in total. The highest BCUT2D eigenvalue weighted by atomic mass is 15.3. The Morgan fingerprint density at radius 1 is 1.39 bits per heavy atom. The van der Waals surface area contributed by atoms with Gasteiger partial charge in [-0.15, -0.1) is 0 Å². The Hall–Kier alpha value is -0.970. The number of nitrogens with zero attached hydrogens (tertiary/aromatic N) is 3. The number of aromatic nitrogens is 1. The molecule has 0 aromatic carbocycles. The summed E-state index contributed by atoms with van der Waals surface area (Å²) in [5, 5.41) is 0. The maximum Gasteiger partial charge on any atom is 0.0348 e. The van der Waals surface area contributed by atoms with Gasteiger partial charge < -0.3 is 5.73 Å². The van der Waals surface area contributed by atoms with Gasteiger partial charge in [0.05, 0.1) is 0 Å². The Morgan fingerprint density at radius 2 is 2.06 bits per heavy atom. The van der Waals surface area contributed by atoms with E-state index in [-0.39, 0.29) is 5.54 Å². The first kappa shape index (κ1) is 13.5. The second kappa shape index (κ2) is 5.34. The monoisotopic (exact) mass is 248 g/mol. The normalized spacial score (nSPS) is 25.2. The molecule has 1 aliphatic heterocycles. The summed E-state index contributed by atoms with van der Waals surface area (Å²) in [6.45, 7) is 8.38. The third kappa shape index (κ3) is 2.88. The molecule has 1 aromatic heterocycles. The second-order valence-corrected chi connectivity index (χ2v) is 5.84. The maximum atomic E-state index is 5.89. The van der Waals surface area contributed by atoms with Gasteiger partial charge in [-0.2, -0.15) is 0 Å². The summed E-state index contributed by atoms with van der Waals surface area (Å²) in [4.78, 5) is 8.97. The van der Waals surface area contributed by atoms with Gasteiger partial charge in [-0.25, -0.2) is 0 Å². The van der Waals surface area contributed by atoms with E-state index < -0.39 is 0 Å². The number of pyridine rings is 1. The molecule has 1 saturated heterocycles. The number of hydrogen-bond acceptors (Lipinski definition) is 4. The molecular formula is C14H24N4. The summed E-state index contributed by atoms with van der Waals surface area (Å²) >= 11 is 0. The van der Waals surface area contributed by atoms with Crippen molar-refractivity contribution in [2.24, 2.45) is 5.73 Å². The van der Waals surface area contributed by atoms with Crippen molar-refractivity contribution in [3.8, 4) is 0 Å². The van der Waals surface area contributed by atoms with Gasteiger partial charge in [-0.1, -0.05) is 0 Å². The minimum absolute atomic E-state index is 0.176. The van der Waals surface area contributed by atoms with E-state index in [2.05, 4.69) is 47.8 Å². The van der Waals surface area contributed by atoms with Crippen LogP contribution in [0.5, 0.6) is 0 Å². The molecule has 1 aromatic rings. The van der Waals surface area contributed by atoms with Gasteiger partial charge in [-0.3, -0.25) is 14.8 Å². The van der Waals surface area contributed by atoms with E-state index in [4.69, 9.17) is 5.73 Å². The highest BCUT2D eigenvalue weighted by Crippen LogP contribution is 2.24. The average molecular weight is 248 g/mol. The molecule has 2 heterocycles. The van der Waals surface area contributed by atoms with Crippen LogP contribution < -0.4 is 5.73 Å². The van der Waals surface area contributed by atoms with Gasteiger partial charge >= 0.3 is 0 Å². The first-order valence-corrected chi connectivity index (χ1v) is 6.57. The van der Waals surface area contributed by atoms with Crippen LogP contribution in [-0.4, -0.2) is 53.0 Å². The van der Waals surface area contributed by atoms with E-state index in [1.807, 2.05) is 12.4 Å². The first-order valence-electron chi connectivity index (χ1n) is 6.57. The molecule has 4 nitrogen and oxygen atoms in total. The Labute approximate surface area is 110 Å². The van der Waals surface area contributed by atoms with Crippen LogP contribution >= 0.6 is 0 Å². The maximum absolute atomic E-state index is 5.89. The van der Waals surface area contributed by atoms with Gasteiger partial charge in [0.1, 0.15) is 0 Å². The van der Waals surface area contributed by atoms with Crippen LogP contribution in [0, 0.1) is 0 Å². The van der Waals surface area contributed by atoms with E-state index in [1.165, 1.54) is 5.56 Å². The van der Waals surface area contributed by atoms with E-state index in [0.717, 1.165) is 19.6 Å². The van der Waals surface area contributed by atoms with Crippen molar-refractivity contribution in [2.75, 3.05) is 26.7 Å². The molecule has 2 rings (SSSR count). The van der Waals surface area contributed by atoms with Crippen LogP contribution in [0.4, 0.5) is 0 Å². The van der Waals surface area contributed by atoms with Crippen LogP contribution in [0.3, 0.4) is 0 Å². The molecule has 1 aliphatic rings. The van der Waals surface area contributed by atoms with Crippen molar-refractivity contribution in [1.29, 1.82) is 0 Å². The van der Waals surface area contributed by atoms with E-state index in [0.29, 0.717) is 12.6 Å². The molecule has 0 amide bonds. The molecule has 0 bridgehead atoms. The van der Waals surface area contributed by atoms with Gasteiger partial charge in [0, 0.05) is 50.2 Å². The van der Waals surface area contributed by atoms with Crippen molar-refractivity contribution in [1.82, 2.24) is 14.8 Å². The summed E-state index contributed by atoms with van der Waals surface area (Å²) in [5.41, 5.74) is 7.39. The highest BCUT2D eigenvalue weighted by molar-refractivity contribution is 5.10.